The molecule has 0 saturated heterocycles. The zero-order valence-corrected chi connectivity index (χ0v) is 14.4. The molecule has 0 saturated carbocycles. The van der Waals surface area contributed by atoms with E-state index in [0.29, 0.717) is 0 Å². The minimum Gasteiger partial charge on any atom is -0.293 e. The molecule has 0 atom stereocenters. The Kier molecular flexibility index (Phi) is 2.42. The fourth-order valence-electron chi connectivity index (χ4n) is 3.86. The van der Waals surface area contributed by atoms with Gasteiger partial charge in [-0.25, -0.2) is 4.98 Å². The fraction of sp³-hybridized carbons (Fsp3) is 0.158. The summed E-state index contributed by atoms with van der Waals surface area (Å²) in [5.74, 6) is 0. The molecule has 0 N–H and O–H groups in total. The van der Waals surface area contributed by atoms with Gasteiger partial charge in [0.2, 0.25) is 0 Å². The van der Waals surface area contributed by atoms with Crippen molar-refractivity contribution in [3.05, 3.63) is 64.5 Å². The molecule has 3 nitrogen and oxygen atoms in total. The van der Waals surface area contributed by atoms with E-state index in [-0.39, 0.29) is 5.41 Å². The number of rotatable bonds is 0. The van der Waals surface area contributed by atoms with Crippen LogP contribution >= 0.6 is 15.9 Å². The lowest BCUT2D eigenvalue weighted by Gasteiger charge is -2.34. The Morgan fingerprint density at radius 2 is 1.91 bits per heavy atom. The summed E-state index contributed by atoms with van der Waals surface area (Å²) in [5.41, 5.74) is 5.88. The number of benzene rings is 1. The Balaban J connectivity index is 2.15. The largest absolute Gasteiger partial charge is 0.293 e. The van der Waals surface area contributed by atoms with Gasteiger partial charge in [0, 0.05) is 44.8 Å². The number of hydrogen-bond donors (Lipinski definition) is 0. The minimum absolute atomic E-state index is 0.101. The van der Waals surface area contributed by atoms with Crippen LogP contribution in [0.1, 0.15) is 25.0 Å². The van der Waals surface area contributed by atoms with E-state index < -0.39 is 0 Å². The Morgan fingerprint density at radius 3 is 2.78 bits per heavy atom. The van der Waals surface area contributed by atoms with Crippen LogP contribution in [0.3, 0.4) is 0 Å². The molecule has 23 heavy (non-hydrogen) atoms. The highest BCUT2D eigenvalue weighted by atomic mass is 79.9. The predicted molar refractivity (Wildman–Crippen MR) is 96.2 cm³/mol. The molecule has 0 aliphatic carbocycles. The topological polar surface area (TPSA) is 30.7 Å². The summed E-state index contributed by atoms with van der Waals surface area (Å²) in [6, 6.07) is 10.7. The van der Waals surface area contributed by atoms with Crippen LogP contribution < -0.4 is 0 Å². The average Bonchev–Trinajstić information content (AvgIpc) is 2.88. The van der Waals surface area contributed by atoms with Crippen LogP contribution in [0, 0.1) is 0 Å². The first-order chi connectivity index (χ1) is 11.1. The van der Waals surface area contributed by atoms with Gasteiger partial charge in [0.05, 0.1) is 11.2 Å². The first-order valence-electron chi connectivity index (χ1n) is 7.63. The molecule has 0 unspecified atom stereocenters. The molecule has 0 amide bonds. The van der Waals surface area contributed by atoms with E-state index in [2.05, 4.69) is 68.6 Å². The molecular weight excluding hydrogens is 350 g/mol. The second-order valence-electron chi connectivity index (χ2n) is 6.58. The third kappa shape index (κ3) is 1.54. The van der Waals surface area contributed by atoms with Crippen LogP contribution in [0.25, 0.3) is 27.6 Å². The maximum absolute atomic E-state index is 4.67. The molecule has 3 aromatic heterocycles. The zero-order valence-electron chi connectivity index (χ0n) is 12.8. The highest BCUT2D eigenvalue weighted by molar-refractivity contribution is 9.10. The number of hydrogen-bond acceptors (Lipinski definition) is 2. The fourth-order valence-corrected chi connectivity index (χ4v) is 4.31. The van der Waals surface area contributed by atoms with E-state index in [4.69, 9.17) is 0 Å². The second kappa shape index (κ2) is 4.20. The summed E-state index contributed by atoms with van der Waals surface area (Å²) in [7, 11) is 0. The van der Waals surface area contributed by atoms with Crippen LogP contribution in [0.15, 0.2) is 53.4 Å². The number of halogens is 1. The van der Waals surface area contributed by atoms with Crippen molar-refractivity contribution in [2.75, 3.05) is 0 Å². The maximum Gasteiger partial charge on any atom is 0.145 e. The normalized spacial score (nSPS) is 15.1. The number of aromatic nitrogens is 3. The van der Waals surface area contributed by atoms with Crippen molar-refractivity contribution in [3.8, 4) is 5.69 Å². The smallest absolute Gasteiger partial charge is 0.145 e. The quantitative estimate of drug-likeness (QED) is 0.441. The lowest BCUT2D eigenvalue weighted by atomic mass is 9.75. The van der Waals surface area contributed by atoms with Gasteiger partial charge in [-0.1, -0.05) is 29.8 Å². The molecule has 1 aromatic carbocycles. The van der Waals surface area contributed by atoms with Crippen LogP contribution in [-0.2, 0) is 5.41 Å². The van der Waals surface area contributed by atoms with E-state index in [1.165, 1.54) is 33.1 Å². The summed E-state index contributed by atoms with van der Waals surface area (Å²) in [6.07, 6.45) is 5.71. The van der Waals surface area contributed by atoms with Crippen LogP contribution in [-0.4, -0.2) is 14.5 Å². The lowest BCUT2D eigenvalue weighted by molar-refractivity contribution is 0.626. The first-order valence-corrected chi connectivity index (χ1v) is 8.42. The lowest BCUT2D eigenvalue weighted by Crippen LogP contribution is -2.26. The van der Waals surface area contributed by atoms with Crippen LogP contribution in [0.4, 0.5) is 0 Å². The number of fused-ring (bicyclic) bond motifs is 5. The third-order valence-electron chi connectivity index (χ3n) is 4.97. The van der Waals surface area contributed by atoms with Crippen molar-refractivity contribution in [1.82, 2.24) is 14.5 Å². The predicted octanol–water partition coefficient (Wildman–Crippen LogP) is 4.98. The van der Waals surface area contributed by atoms with Crippen molar-refractivity contribution in [2.45, 2.75) is 19.3 Å². The Morgan fingerprint density at radius 1 is 1.04 bits per heavy atom. The van der Waals surface area contributed by atoms with E-state index in [9.17, 15) is 0 Å². The van der Waals surface area contributed by atoms with Crippen molar-refractivity contribution >= 4 is 37.9 Å². The van der Waals surface area contributed by atoms with Gasteiger partial charge in [0.15, 0.2) is 0 Å². The molecule has 0 spiro atoms. The standard InChI is InChI=1S/C19H14BrN3/c1-19(2)14-9-11(20)8-13-12-4-3-6-22-18(12)23(17(13)14)16-5-7-21-10-15(16)19/h3-10H,1-2H3. The van der Waals surface area contributed by atoms with Gasteiger partial charge in [0.1, 0.15) is 5.65 Å². The molecular formula is C19H14BrN3. The van der Waals surface area contributed by atoms with Crippen molar-refractivity contribution in [1.29, 1.82) is 0 Å². The summed E-state index contributed by atoms with van der Waals surface area (Å²) >= 11 is 3.69. The van der Waals surface area contributed by atoms with Gasteiger partial charge in [0.25, 0.3) is 0 Å². The van der Waals surface area contributed by atoms with E-state index in [1.807, 2.05) is 24.7 Å². The molecule has 5 rings (SSSR count). The molecule has 0 radical (unpaired) electrons. The maximum atomic E-state index is 4.67. The summed E-state index contributed by atoms with van der Waals surface area (Å²) in [5, 5.41) is 2.43. The number of nitrogens with zero attached hydrogens (tertiary/aromatic N) is 3. The second-order valence-corrected chi connectivity index (χ2v) is 7.49. The highest BCUT2D eigenvalue weighted by Gasteiger charge is 2.35. The Hall–Kier alpha value is -2.20. The molecule has 4 aromatic rings. The third-order valence-corrected chi connectivity index (χ3v) is 5.43. The van der Waals surface area contributed by atoms with Gasteiger partial charge in [-0.2, -0.15) is 0 Å². The first kappa shape index (κ1) is 13.3. The zero-order chi connectivity index (χ0) is 15.8. The van der Waals surface area contributed by atoms with Crippen molar-refractivity contribution in [3.63, 3.8) is 0 Å². The van der Waals surface area contributed by atoms with E-state index in [0.717, 1.165) is 10.1 Å². The molecule has 4 heteroatoms. The monoisotopic (exact) mass is 363 g/mol. The molecule has 0 fully saturated rings. The van der Waals surface area contributed by atoms with Gasteiger partial charge in [-0.3, -0.25) is 9.55 Å². The molecule has 0 bridgehead atoms. The highest BCUT2D eigenvalue weighted by Crippen LogP contribution is 2.47. The van der Waals surface area contributed by atoms with E-state index in [1.54, 1.807) is 0 Å². The van der Waals surface area contributed by atoms with Gasteiger partial charge >= 0.3 is 0 Å². The number of pyridine rings is 2. The minimum atomic E-state index is -0.101. The summed E-state index contributed by atoms with van der Waals surface area (Å²) in [4.78, 5) is 9.04. The van der Waals surface area contributed by atoms with Crippen molar-refractivity contribution < 1.29 is 0 Å². The molecule has 1 aliphatic rings. The molecule has 4 heterocycles. The van der Waals surface area contributed by atoms with Crippen LogP contribution in [0.2, 0.25) is 0 Å². The Labute approximate surface area is 142 Å². The van der Waals surface area contributed by atoms with Gasteiger partial charge in [-0.15, -0.1) is 0 Å². The average molecular weight is 364 g/mol. The van der Waals surface area contributed by atoms with Crippen LogP contribution in [0.5, 0.6) is 0 Å². The molecule has 1 aliphatic heterocycles. The Bertz CT molecular complexity index is 1110. The van der Waals surface area contributed by atoms with Gasteiger partial charge < -0.3 is 0 Å². The van der Waals surface area contributed by atoms with Crippen molar-refractivity contribution in [2.24, 2.45) is 0 Å². The summed E-state index contributed by atoms with van der Waals surface area (Å²) < 4.78 is 3.39. The summed E-state index contributed by atoms with van der Waals surface area (Å²) in [6.45, 7) is 4.53. The molecule has 112 valence electrons. The SMILES string of the molecule is CC1(C)c2cnccc2-n2c3ncccc3c3cc(Br)cc1c32. The van der Waals surface area contributed by atoms with Gasteiger partial charge in [-0.05, 0) is 35.9 Å². The van der Waals surface area contributed by atoms with E-state index >= 15 is 0 Å².